The molecular weight excluding hydrogens is 314 g/mol. The number of primary amides is 1. The minimum Gasteiger partial charge on any atom is -0.376 e. The standard InChI is InChI=1S/C16H23N3O3S/c1-9-8-19(6-7-22-9)10(2)15(21)18-16-13(14(17)20)11-4-3-5-12(11)23-16/h9-10H,3-8H2,1-2H3,(H2,17,20)(H,18,21). The van der Waals surface area contributed by atoms with E-state index in [2.05, 4.69) is 10.2 Å². The van der Waals surface area contributed by atoms with Crippen molar-refractivity contribution in [3.63, 3.8) is 0 Å². The van der Waals surface area contributed by atoms with Crippen LogP contribution in [0.5, 0.6) is 0 Å². The lowest BCUT2D eigenvalue weighted by Crippen LogP contribution is -2.50. The van der Waals surface area contributed by atoms with E-state index >= 15 is 0 Å². The van der Waals surface area contributed by atoms with Gasteiger partial charge in [0.2, 0.25) is 5.91 Å². The number of thiophene rings is 1. The normalized spacial score (nSPS) is 22.6. The Morgan fingerprint density at radius 1 is 1.43 bits per heavy atom. The van der Waals surface area contributed by atoms with Gasteiger partial charge in [0.25, 0.3) is 5.91 Å². The molecule has 1 aromatic heterocycles. The molecule has 1 aromatic rings. The molecule has 126 valence electrons. The second-order valence-corrected chi connectivity index (χ2v) is 7.37. The summed E-state index contributed by atoms with van der Waals surface area (Å²) in [5, 5.41) is 3.54. The van der Waals surface area contributed by atoms with Crippen LogP contribution in [0, 0.1) is 0 Å². The Labute approximate surface area is 140 Å². The number of amides is 2. The molecule has 0 aromatic carbocycles. The van der Waals surface area contributed by atoms with E-state index in [1.54, 1.807) is 0 Å². The minimum atomic E-state index is -0.452. The molecule has 1 aliphatic carbocycles. The molecule has 1 fully saturated rings. The average molecular weight is 337 g/mol. The predicted molar refractivity (Wildman–Crippen MR) is 89.9 cm³/mol. The minimum absolute atomic E-state index is 0.0958. The van der Waals surface area contributed by atoms with Crippen molar-refractivity contribution in [1.82, 2.24) is 4.90 Å². The van der Waals surface area contributed by atoms with Gasteiger partial charge in [-0.15, -0.1) is 11.3 Å². The first-order valence-electron chi connectivity index (χ1n) is 8.08. The Hall–Kier alpha value is -1.44. The maximum atomic E-state index is 12.6. The number of fused-ring (bicyclic) bond motifs is 1. The van der Waals surface area contributed by atoms with Crippen LogP contribution in [0.2, 0.25) is 0 Å². The third-order valence-electron chi connectivity index (χ3n) is 4.60. The van der Waals surface area contributed by atoms with E-state index in [4.69, 9.17) is 10.5 Å². The van der Waals surface area contributed by atoms with E-state index in [1.807, 2.05) is 13.8 Å². The van der Waals surface area contributed by atoms with Crippen molar-refractivity contribution >= 4 is 28.2 Å². The number of morpholine rings is 1. The van der Waals surface area contributed by atoms with Crippen LogP contribution in [0.15, 0.2) is 0 Å². The molecule has 1 aliphatic heterocycles. The first-order chi connectivity index (χ1) is 11.0. The van der Waals surface area contributed by atoms with Gasteiger partial charge in [-0.05, 0) is 38.7 Å². The summed E-state index contributed by atoms with van der Waals surface area (Å²) < 4.78 is 5.52. The number of nitrogens with zero attached hydrogens (tertiary/aromatic N) is 1. The lowest BCUT2D eigenvalue weighted by molar-refractivity contribution is -0.123. The fourth-order valence-corrected chi connectivity index (χ4v) is 4.63. The summed E-state index contributed by atoms with van der Waals surface area (Å²) in [5.41, 5.74) is 7.08. The molecule has 2 heterocycles. The third-order valence-corrected chi connectivity index (χ3v) is 5.81. The first kappa shape index (κ1) is 16.4. The van der Waals surface area contributed by atoms with Gasteiger partial charge in [0.15, 0.2) is 0 Å². The Balaban J connectivity index is 1.74. The van der Waals surface area contributed by atoms with Gasteiger partial charge in [-0.25, -0.2) is 0 Å². The largest absolute Gasteiger partial charge is 0.376 e. The number of hydrogen-bond donors (Lipinski definition) is 2. The Morgan fingerprint density at radius 3 is 2.91 bits per heavy atom. The van der Waals surface area contributed by atoms with Crippen molar-refractivity contribution in [3.05, 3.63) is 16.0 Å². The monoisotopic (exact) mass is 337 g/mol. The Bertz CT molecular complexity index is 628. The molecule has 0 bridgehead atoms. The summed E-state index contributed by atoms with van der Waals surface area (Å²) in [4.78, 5) is 27.7. The van der Waals surface area contributed by atoms with E-state index in [1.165, 1.54) is 16.2 Å². The molecule has 7 heteroatoms. The number of anilines is 1. The molecule has 0 spiro atoms. The zero-order valence-corrected chi connectivity index (χ0v) is 14.4. The number of hydrogen-bond acceptors (Lipinski definition) is 5. The van der Waals surface area contributed by atoms with Gasteiger partial charge in [-0.2, -0.15) is 0 Å². The summed E-state index contributed by atoms with van der Waals surface area (Å²) in [6.07, 6.45) is 3.02. The van der Waals surface area contributed by atoms with Crippen molar-refractivity contribution in [2.75, 3.05) is 25.0 Å². The third kappa shape index (κ3) is 3.27. The van der Waals surface area contributed by atoms with Gasteiger partial charge in [-0.1, -0.05) is 0 Å². The topological polar surface area (TPSA) is 84.7 Å². The highest BCUT2D eigenvalue weighted by Gasteiger charge is 2.30. The van der Waals surface area contributed by atoms with Gasteiger partial charge >= 0.3 is 0 Å². The molecule has 2 atom stereocenters. The van der Waals surface area contributed by atoms with Gasteiger partial charge < -0.3 is 15.8 Å². The number of aryl methyl sites for hydroxylation is 1. The van der Waals surface area contributed by atoms with Crippen molar-refractivity contribution in [2.45, 2.75) is 45.3 Å². The zero-order valence-electron chi connectivity index (χ0n) is 13.6. The molecule has 23 heavy (non-hydrogen) atoms. The lowest BCUT2D eigenvalue weighted by Gasteiger charge is -2.34. The first-order valence-corrected chi connectivity index (χ1v) is 8.90. The number of nitrogens with one attached hydrogen (secondary N) is 1. The van der Waals surface area contributed by atoms with Gasteiger partial charge in [0, 0.05) is 18.0 Å². The molecule has 1 saturated heterocycles. The number of ether oxygens (including phenoxy) is 1. The molecule has 2 aliphatic rings. The summed E-state index contributed by atoms with van der Waals surface area (Å²) in [5.74, 6) is -0.547. The molecule has 0 radical (unpaired) electrons. The molecule has 3 N–H and O–H groups in total. The van der Waals surface area contributed by atoms with E-state index < -0.39 is 5.91 Å². The zero-order chi connectivity index (χ0) is 16.6. The van der Waals surface area contributed by atoms with Gasteiger partial charge in [0.05, 0.1) is 24.3 Å². The quantitative estimate of drug-likeness (QED) is 0.869. The number of nitrogens with two attached hydrogens (primary N) is 1. The van der Waals surface area contributed by atoms with Crippen LogP contribution in [-0.4, -0.2) is 48.6 Å². The average Bonchev–Trinajstić information content (AvgIpc) is 3.06. The van der Waals surface area contributed by atoms with Crippen LogP contribution >= 0.6 is 11.3 Å². The molecule has 6 nitrogen and oxygen atoms in total. The summed E-state index contributed by atoms with van der Waals surface area (Å²) in [6.45, 7) is 6.00. The SMILES string of the molecule is CC1CN(C(C)C(=O)Nc2sc3c(c2C(N)=O)CCC3)CCO1. The second-order valence-electron chi connectivity index (χ2n) is 6.27. The molecule has 2 amide bonds. The summed E-state index contributed by atoms with van der Waals surface area (Å²) in [6, 6.07) is -0.265. The van der Waals surface area contributed by atoms with Crippen molar-refractivity contribution in [1.29, 1.82) is 0 Å². The van der Waals surface area contributed by atoms with Crippen molar-refractivity contribution in [2.24, 2.45) is 5.73 Å². The van der Waals surface area contributed by atoms with E-state index in [-0.39, 0.29) is 18.1 Å². The van der Waals surface area contributed by atoms with Crippen LogP contribution in [0.25, 0.3) is 0 Å². The smallest absolute Gasteiger partial charge is 0.251 e. The van der Waals surface area contributed by atoms with Crippen molar-refractivity contribution in [3.8, 4) is 0 Å². The maximum Gasteiger partial charge on any atom is 0.251 e. The van der Waals surface area contributed by atoms with Crippen LogP contribution < -0.4 is 11.1 Å². The van der Waals surface area contributed by atoms with Crippen LogP contribution in [-0.2, 0) is 22.4 Å². The fourth-order valence-electron chi connectivity index (χ4n) is 3.33. The van der Waals surface area contributed by atoms with Crippen LogP contribution in [0.3, 0.4) is 0 Å². The van der Waals surface area contributed by atoms with E-state index in [0.717, 1.165) is 37.9 Å². The second kappa shape index (κ2) is 6.59. The molecular formula is C16H23N3O3S. The van der Waals surface area contributed by atoms with Crippen LogP contribution in [0.4, 0.5) is 5.00 Å². The lowest BCUT2D eigenvalue weighted by atomic mass is 10.1. The van der Waals surface area contributed by atoms with Gasteiger partial charge in [0.1, 0.15) is 5.00 Å². The number of carbonyl (C=O) groups is 2. The summed E-state index contributed by atoms with van der Waals surface area (Å²) >= 11 is 1.49. The molecule has 0 saturated carbocycles. The number of carbonyl (C=O) groups excluding carboxylic acids is 2. The molecule has 2 unspecified atom stereocenters. The fraction of sp³-hybridized carbons (Fsp3) is 0.625. The highest BCUT2D eigenvalue weighted by atomic mass is 32.1. The van der Waals surface area contributed by atoms with Gasteiger partial charge in [-0.3, -0.25) is 14.5 Å². The van der Waals surface area contributed by atoms with E-state index in [9.17, 15) is 9.59 Å². The van der Waals surface area contributed by atoms with E-state index in [0.29, 0.717) is 17.2 Å². The maximum absolute atomic E-state index is 12.6. The predicted octanol–water partition coefficient (Wildman–Crippen LogP) is 1.38. The summed E-state index contributed by atoms with van der Waals surface area (Å²) in [7, 11) is 0. The van der Waals surface area contributed by atoms with Crippen molar-refractivity contribution < 1.29 is 14.3 Å². The number of rotatable bonds is 4. The highest BCUT2D eigenvalue weighted by Crippen LogP contribution is 2.38. The Kier molecular flexibility index (Phi) is 4.70. The van der Waals surface area contributed by atoms with Crippen LogP contribution in [0.1, 0.15) is 41.1 Å². The Morgan fingerprint density at radius 2 is 2.22 bits per heavy atom. The molecule has 3 rings (SSSR count). The highest BCUT2D eigenvalue weighted by molar-refractivity contribution is 7.17.